The molecule has 2 atom stereocenters. The lowest BCUT2D eigenvalue weighted by Crippen LogP contribution is -2.40. The van der Waals surface area contributed by atoms with Crippen LogP contribution in [0.3, 0.4) is 0 Å². The van der Waals surface area contributed by atoms with E-state index in [1.165, 1.54) is 0 Å². The predicted molar refractivity (Wildman–Crippen MR) is 98.8 cm³/mol. The normalized spacial score (nSPS) is 21.7. The molecular weight excluding hydrogens is 438 g/mol. The molecule has 0 spiro atoms. The number of nitrogens with zero attached hydrogens (tertiary/aromatic N) is 1. The molecule has 2 aromatic rings. The lowest BCUT2D eigenvalue weighted by atomic mass is 9.71. The van der Waals surface area contributed by atoms with E-state index in [1.807, 2.05) is 48.5 Å². The molecule has 1 aliphatic rings. The van der Waals surface area contributed by atoms with Crippen LogP contribution in [0.5, 0.6) is 0 Å². The highest BCUT2D eigenvalue weighted by atomic mass is 79.9. The van der Waals surface area contributed by atoms with E-state index >= 15 is 0 Å². The molecule has 0 radical (unpaired) electrons. The van der Waals surface area contributed by atoms with Gasteiger partial charge in [-0.1, -0.05) is 56.1 Å². The van der Waals surface area contributed by atoms with E-state index in [2.05, 4.69) is 31.9 Å². The van der Waals surface area contributed by atoms with Crippen LogP contribution >= 0.6 is 31.9 Å². The topological polar surface area (TPSA) is 60.2 Å². The number of nitro groups is 1. The summed E-state index contributed by atoms with van der Waals surface area (Å²) in [5.41, 5.74) is 1.69. The Balaban J connectivity index is 2.02. The maximum absolute atomic E-state index is 12.3. The number of hydrogen-bond acceptors (Lipinski definition) is 3. The van der Waals surface area contributed by atoms with Gasteiger partial charge in [0, 0.05) is 26.7 Å². The summed E-state index contributed by atoms with van der Waals surface area (Å²) in [7, 11) is 0. The summed E-state index contributed by atoms with van der Waals surface area (Å²) in [5, 5.41) is 11.8. The number of carbonyl (C=O) groups excluding carboxylic acids is 1. The largest absolute Gasteiger partial charge is 0.300 e. The zero-order valence-corrected chi connectivity index (χ0v) is 15.9. The highest BCUT2D eigenvalue weighted by molar-refractivity contribution is 9.10. The maximum atomic E-state index is 12.3. The van der Waals surface area contributed by atoms with Crippen molar-refractivity contribution in [1.82, 2.24) is 0 Å². The molecule has 0 heterocycles. The van der Waals surface area contributed by atoms with E-state index in [0.717, 1.165) is 20.1 Å². The molecule has 124 valence electrons. The SMILES string of the molecule is O=C1C[C@@H](c2ccc(Br)cc2)C([N+](=O)[O-])[C@H](c2ccc(Br)cc2)C1. The first-order valence-corrected chi connectivity index (χ1v) is 9.20. The van der Waals surface area contributed by atoms with Crippen molar-refractivity contribution < 1.29 is 9.72 Å². The highest BCUT2D eigenvalue weighted by Gasteiger charge is 2.46. The molecule has 24 heavy (non-hydrogen) atoms. The molecule has 0 saturated heterocycles. The third-order valence-corrected chi connectivity index (χ3v) is 5.62. The Morgan fingerprint density at radius 2 is 1.21 bits per heavy atom. The van der Waals surface area contributed by atoms with Crippen LogP contribution in [-0.4, -0.2) is 16.7 Å². The first kappa shape index (κ1) is 17.3. The van der Waals surface area contributed by atoms with E-state index in [4.69, 9.17) is 0 Å². The van der Waals surface area contributed by atoms with Gasteiger partial charge in [-0.3, -0.25) is 14.9 Å². The molecule has 0 aromatic heterocycles. The van der Waals surface area contributed by atoms with Crippen molar-refractivity contribution in [3.63, 3.8) is 0 Å². The molecule has 1 aliphatic carbocycles. The van der Waals surface area contributed by atoms with Gasteiger partial charge in [0.2, 0.25) is 6.04 Å². The Kier molecular flexibility index (Phi) is 5.15. The minimum Gasteiger partial charge on any atom is -0.300 e. The summed E-state index contributed by atoms with van der Waals surface area (Å²) >= 11 is 6.75. The fourth-order valence-electron chi connectivity index (χ4n) is 3.44. The smallest absolute Gasteiger partial charge is 0.227 e. The number of rotatable bonds is 3. The Hall–Kier alpha value is -1.53. The fourth-order valence-corrected chi connectivity index (χ4v) is 3.97. The van der Waals surface area contributed by atoms with Crippen molar-refractivity contribution in [3.8, 4) is 0 Å². The molecule has 3 rings (SSSR count). The first-order chi connectivity index (χ1) is 11.5. The van der Waals surface area contributed by atoms with Crippen LogP contribution in [0.1, 0.15) is 35.8 Å². The van der Waals surface area contributed by atoms with E-state index in [9.17, 15) is 14.9 Å². The van der Waals surface area contributed by atoms with E-state index in [1.54, 1.807) is 0 Å². The molecule has 1 fully saturated rings. The zero-order valence-electron chi connectivity index (χ0n) is 12.7. The standard InChI is InChI=1S/C18H15Br2NO3/c19-13-5-1-11(2-6-13)16-9-15(22)10-17(18(16)21(23)24)12-3-7-14(20)8-4-12/h1-8,16-18H,9-10H2/t16-,17-/m0/s1. The van der Waals surface area contributed by atoms with Gasteiger partial charge in [-0.05, 0) is 35.4 Å². The number of ketones is 1. The summed E-state index contributed by atoms with van der Waals surface area (Å²) in [6.45, 7) is 0. The van der Waals surface area contributed by atoms with Crippen molar-refractivity contribution in [2.75, 3.05) is 0 Å². The van der Waals surface area contributed by atoms with Crippen molar-refractivity contribution in [3.05, 3.63) is 78.7 Å². The van der Waals surface area contributed by atoms with E-state index < -0.39 is 17.9 Å². The molecule has 4 nitrogen and oxygen atoms in total. The van der Waals surface area contributed by atoms with Gasteiger partial charge in [0.25, 0.3) is 0 Å². The second kappa shape index (κ2) is 7.15. The fraction of sp³-hybridized carbons (Fsp3) is 0.278. The number of Topliss-reactive ketones (excluding diaryl/α,β-unsaturated/α-hetero) is 1. The van der Waals surface area contributed by atoms with Gasteiger partial charge in [-0.25, -0.2) is 0 Å². The summed E-state index contributed by atoms with van der Waals surface area (Å²) in [6, 6.07) is 14.1. The average molecular weight is 453 g/mol. The first-order valence-electron chi connectivity index (χ1n) is 7.62. The molecule has 0 aliphatic heterocycles. The Bertz CT molecular complexity index is 701. The second-order valence-electron chi connectivity index (χ2n) is 6.04. The van der Waals surface area contributed by atoms with E-state index in [-0.39, 0.29) is 23.5 Å². The summed E-state index contributed by atoms with van der Waals surface area (Å²) < 4.78 is 1.82. The summed E-state index contributed by atoms with van der Waals surface area (Å²) in [6.07, 6.45) is 0.445. The molecule has 2 aromatic carbocycles. The van der Waals surface area contributed by atoms with Gasteiger partial charge in [0.05, 0.1) is 11.8 Å². The van der Waals surface area contributed by atoms with Crippen LogP contribution in [0, 0.1) is 10.1 Å². The molecule has 0 unspecified atom stereocenters. The minimum absolute atomic E-state index is 0.0777. The van der Waals surface area contributed by atoms with Crippen molar-refractivity contribution in [2.24, 2.45) is 0 Å². The zero-order chi connectivity index (χ0) is 17.3. The third kappa shape index (κ3) is 3.59. The van der Waals surface area contributed by atoms with Crippen molar-refractivity contribution in [1.29, 1.82) is 0 Å². The molecule has 6 heteroatoms. The molecule has 0 amide bonds. The van der Waals surface area contributed by atoms with Gasteiger partial charge >= 0.3 is 0 Å². The number of carbonyl (C=O) groups is 1. The quantitative estimate of drug-likeness (QED) is 0.481. The third-order valence-electron chi connectivity index (χ3n) is 4.56. The molecule has 1 saturated carbocycles. The van der Waals surface area contributed by atoms with Crippen LogP contribution in [0.15, 0.2) is 57.5 Å². The number of benzene rings is 2. The van der Waals surface area contributed by atoms with Gasteiger partial charge in [-0.2, -0.15) is 0 Å². The second-order valence-corrected chi connectivity index (χ2v) is 7.87. The van der Waals surface area contributed by atoms with Gasteiger partial charge in [0.1, 0.15) is 5.78 Å². The van der Waals surface area contributed by atoms with Crippen LogP contribution in [0.4, 0.5) is 0 Å². The summed E-state index contributed by atoms with van der Waals surface area (Å²) in [4.78, 5) is 23.9. The molecule has 0 N–H and O–H groups in total. The number of hydrogen-bond donors (Lipinski definition) is 0. The van der Waals surface area contributed by atoms with Crippen LogP contribution in [0.2, 0.25) is 0 Å². The minimum atomic E-state index is -0.801. The predicted octanol–water partition coefficient (Wildman–Crippen LogP) is 5.09. The maximum Gasteiger partial charge on any atom is 0.227 e. The van der Waals surface area contributed by atoms with Gasteiger partial charge in [-0.15, -0.1) is 0 Å². The number of halogens is 2. The monoisotopic (exact) mass is 451 g/mol. The van der Waals surface area contributed by atoms with Crippen molar-refractivity contribution in [2.45, 2.75) is 30.7 Å². The van der Waals surface area contributed by atoms with Crippen LogP contribution in [0.25, 0.3) is 0 Å². The molecule has 0 bridgehead atoms. The van der Waals surface area contributed by atoms with Crippen LogP contribution < -0.4 is 0 Å². The van der Waals surface area contributed by atoms with Crippen molar-refractivity contribution >= 4 is 37.6 Å². The average Bonchev–Trinajstić information content (AvgIpc) is 2.55. The Morgan fingerprint density at radius 3 is 1.54 bits per heavy atom. The molecular formula is C18H15Br2NO3. The summed E-state index contributed by atoms with van der Waals surface area (Å²) in [5.74, 6) is -0.722. The van der Waals surface area contributed by atoms with Crippen LogP contribution in [-0.2, 0) is 4.79 Å². The lowest BCUT2D eigenvalue weighted by molar-refractivity contribution is -0.532. The van der Waals surface area contributed by atoms with Gasteiger partial charge < -0.3 is 0 Å². The lowest BCUT2D eigenvalue weighted by Gasteiger charge is -2.32. The van der Waals surface area contributed by atoms with E-state index in [0.29, 0.717) is 0 Å². The Labute approximate surface area is 156 Å². The van der Waals surface area contributed by atoms with Gasteiger partial charge in [0.15, 0.2) is 0 Å². The Morgan fingerprint density at radius 1 is 0.833 bits per heavy atom. The highest BCUT2D eigenvalue weighted by Crippen LogP contribution is 2.42.